The molecule has 0 aliphatic heterocycles. The molecule has 1 aromatic heterocycles. The number of rotatable bonds is 3. The summed E-state index contributed by atoms with van der Waals surface area (Å²) < 4.78 is 0.735. The van der Waals surface area contributed by atoms with Gasteiger partial charge in [-0.3, -0.25) is 4.79 Å². The van der Waals surface area contributed by atoms with E-state index in [1.165, 1.54) is 11.1 Å². The number of nitrogens with zero attached hydrogens (tertiary/aromatic N) is 2. The Bertz CT molecular complexity index is 398. The van der Waals surface area contributed by atoms with Gasteiger partial charge in [-0.15, -0.1) is 0 Å². The fourth-order valence-electron chi connectivity index (χ4n) is 1.17. The van der Waals surface area contributed by atoms with Crippen LogP contribution in [0.3, 0.4) is 0 Å². The lowest BCUT2D eigenvalue weighted by molar-refractivity contribution is -0.129. The minimum atomic E-state index is -0.333. The molecule has 6 heteroatoms. The van der Waals surface area contributed by atoms with Crippen LogP contribution in [0.2, 0.25) is 5.02 Å². The van der Waals surface area contributed by atoms with Gasteiger partial charge in [-0.25, -0.2) is 4.98 Å². The lowest BCUT2D eigenvalue weighted by Crippen LogP contribution is -2.36. The molecule has 1 aromatic rings. The van der Waals surface area contributed by atoms with Crippen molar-refractivity contribution in [3.05, 3.63) is 21.8 Å². The molecule has 1 atom stereocenters. The predicted molar refractivity (Wildman–Crippen MR) is 68.7 cm³/mol. The van der Waals surface area contributed by atoms with Gasteiger partial charge in [0, 0.05) is 20.3 Å². The van der Waals surface area contributed by atoms with Crippen molar-refractivity contribution in [1.82, 2.24) is 9.88 Å². The number of amides is 1. The Balaban J connectivity index is 2.77. The molecule has 1 amide bonds. The third-order valence-corrected chi connectivity index (χ3v) is 2.78. The second-order valence-corrected chi connectivity index (χ2v) is 4.87. The zero-order chi connectivity index (χ0) is 12.3. The highest BCUT2D eigenvalue weighted by Gasteiger charge is 2.16. The predicted octanol–water partition coefficient (Wildman–Crippen LogP) is 2.39. The van der Waals surface area contributed by atoms with Crippen molar-refractivity contribution >= 4 is 39.3 Å². The first-order valence-electron chi connectivity index (χ1n) is 4.70. The van der Waals surface area contributed by atoms with Crippen LogP contribution in [-0.2, 0) is 4.79 Å². The first-order valence-corrected chi connectivity index (χ1v) is 5.87. The van der Waals surface area contributed by atoms with Crippen LogP contribution in [0.4, 0.5) is 5.82 Å². The lowest BCUT2D eigenvalue weighted by Gasteiger charge is -2.19. The van der Waals surface area contributed by atoms with Crippen LogP contribution >= 0.6 is 27.5 Å². The zero-order valence-corrected chi connectivity index (χ0v) is 11.6. The fourth-order valence-corrected chi connectivity index (χ4v) is 1.93. The topological polar surface area (TPSA) is 45.2 Å². The molecular weight excluding hydrogens is 293 g/mol. The van der Waals surface area contributed by atoms with Gasteiger partial charge in [0.15, 0.2) is 0 Å². The Kier molecular flexibility index (Phi) is 4.56. The summed E-state index contributed by atoms with van der Waals surface area (Å²) in [5.41, 5.74) is 0. The number of nitrogens with one attached hydrogen (secondary N) is 1. The van der Waals surface area contributed by atoms with Crippen LogP contribution in [0, 0.1) is 0 Å². The number of halogens is 2. The van der Waals surface area contributed by atoms with Crippen LogP contribution in [-0.4, -0.2) is 35.9 Å². The Labute approximate surface area is 108 Å². The molecule has 88 valence electrons. The van der Waals surface area contributed by atoms with Crippen molar-refractivity contribution in [1.29, 1.82) is 0 Å². The van der Waals surface area contributed by atoms with E-state index in [1.807, 2.05) is 0 Å². The zero-order valence-electron chi connectivity index (χ0n) is 9.29. The smallest absolute Gasteiger partial charge is 0.244 e. The summed E-state index contributed by atoms with van der Waals surface area (Å²) in [6.45, 7) is 1.78. The molecule has 4 nitrogen and oxygen atoms in total. The summed E-state index contributed by atoms with van der Waals surface area (Å²) in [6, 6.07) is 1.39. The van der Waals surface area contributed by atoms with E-state index in [9.17, 15) is 4.79 Å². The van der Waals surface area contributed by atoms with E-state index in [0.717, 1.165) is 4.47 Å². The molecule has 1 rings (SSSR count). The number of carbonyl (C=O) groups excluding carboxylic acids is 1. The van der Waals surface area contributed by atoms with Crippen molar-refractivity contribution in [2.45, 2.75) is 13.0 Å². The van der Waals surface area contributed by atoms with Crippen LogP contribution in [0.5, 0.6) is 0 Å². The molecule has 1 unspecified atom stereocenters. The lowest BCUT2D eigenvalue weighted by atomic mass is 10.3. The molecule has 0 aromatic carbocycles. The maximum absolute atomic E-state index is 11.6. The highest BCUT2D eigenvalue weighted by molar-refractivity contribution is 9.10. The van der Waals surface area contributed by atoms with Gasteiger partial charge < -0.3 is 10.2 Å². The van der Waals surface area contributed by atoms with Crippen molar-refractivity contribution in [2.24, 2.45) is 0 Å². The van der Waals surface area contributed by atoms with Gasteiger partial charge in [0.1, 0.15) is 11.9 Å². The molecule has 16 heavy (non-hydrogen) atoms. The first kappa shape index (κ1) is 13.3. The standard InChI is InChI=1S/C10H13BrClN3O/c1-6(10(16)15(2)3)14-9-8(11)4-7(12)5-13-9/h4-6H,1-3H3,(H,13,14). The normalized spacial score (nSPS) is 12.1. The summed E-state index contributed by atoms with van der Waals surface area (Å²) in [6.07, 6.45) is 1.53. The number of aromatic nitrogens is 1. The molecule has 0 spiro atoms. The van der Waals surface area contributed by atoms with E-state index in [-0.39, 0.29) is 11.9 Å². The van der Waals surface area contributed by atoms with Gasteiger partial charge >= 0.3 is 0 Å². The van der Waals surface area contributed by atoms with Gasteiger partial charge in [0.2, 0.25) is 5.91 Å². The van der Waals surface area contributed by atoms with Gasteiger partial charge in [0.25, 0.3) is 0 Å². The summed E-state index contributed by atoms with van der Waals surface area (Å²) in [5, 5.41) is 3.56. The number of hydrogen-bond donors (Lipinski definition) is 1. The highest BCUT2D eigenvalue weighted by atomic mass is 79.9. The second-order valence-electron chi connectivity index (χ2n) is 3.58. The summed E-state index contributed by atoms with van der Waals surface area (Å²) in [4.78, 5) is 17.2. The van der Waals surface area contributed by atoms with E-state index in [0.29, 0.717) is 10.8 Å². The molecule has 1 N–H and O–H groups in total. The molecule has 0 saturated heterocycles. The molecule has 0 bridgehead atoms. The van der Waals surface area contributed by atoms with Crippen LogP contribution in [0.15, 0.2) is 16.7 Å². The molecule has 0 aliphatic carbocycles. The van der Waals surface area contributed by atoms with E-state index < -0.39 is 0 Å². The second kappa shape index (κ2) is 5.50. The maximum atomic E-state index is 11.6. The maximum Gasteiger partial charge on any atom is 0.244 e. The Hall–Kier alpha value is -0.810. The van der Waals surface area contributed by atoms with E-state index in [2.05, 4.69) is 26.2 Å². The quantitative estimate of drug-likeness (QED) is 0.932. The van der Waals surface area contributed by atoms with Gasteiger partial charge in [-0.2, -0.15) is 0 Å². The van der Waals surface area contributed by atoms with E-state index in [4.69, 9.17) is 11.6 Å². The Morgan fingerprint density at radius 3 is 2.75 bits per heavy atom. The van der Waals surface area contributed by atoms with Gasteiger partial charge in [-0.1, -0.05) is 11.6 Å². The summed E-state index contributed by atoms with van der Waals surface area (Å²) in [7, 11) is 3.43. The Morgan fingerprint density at radius 2 is 2.25 bits per heavy atom. The summed E-state index contributed by atoms with van der Waals surface area (Å²) in [5.74, 6) is 0.593. The number of hydrogen-bond acceptors (Lipinski definition) is 3. The molecule has 0 saturated carbocycles. The third kappa shape index (κ3) is 3.35. The monoisotopic (exact) mass is 305 g/mol. The average Bonchev–Trinajstić information content (AvgIpc) is 2.20. The number of likely N-dealkylation sites (N-methyl/N-ethyl adjacent to an activating group) is 1. The first-order chi connectivity index (χ1) is 7.41. The van der Waals surface area contributed by atoms with Crippen molar-refractivity contribution in [2.75, 3.05) is 19.4 Å². The van der Waals surface area contributed by atoms with Crippen molar-refractivity contribution in [3.63, 3.8) is 0 Å². The number of carbonyl (C=O) groups is 1. The summed E-state index contributed by atoms with van der Waals surface area (Å²) >= 11 is 9.10. The SMILES string of the molecule is CC(Nc1ncc(Cl)cc1Br)C(=O)N(C)C. The molecular formula is C10H13BrClN3O. The minimum absolute atomic E-state index is 0.0105. The molecule has 1 heterocycles. The van der Waals surface area contributed by atoms with Crippen molar-refractivity contribution < 1.29 is 4.79 Å². The van der Waals surface area contributed by atoms with Crippen LogP contribution in [0.1, 0.15) is 6.92 Å². The fraction of sp³-hybridized carbons (Fsp3) is 0.400. The van der Waals surface area contributed by atoms with Gasteiger partial charge in [0.05, 0.1) is 9.50 Å². The highest BCUT2D eigenvalue weighted by Crippen LogP contribution is 2.23. The number of pyridine rings is 1. The van der Waals surface area contributed by atoms with Crippen LogP contribution < -0.4 is 5.32 Å². The van der Waals surface area contributed by atoms with E-state index >= 15 is 0 Å². The Morgan fingerprint density at radius 1 is 1.62 bits per heavy atom. The third-order valence-electron chi connectivity index (χ3n) is 1.97. The largest absolute Gasteiger partial charge is 0.358 e. The molecule has 0 fully saturated rings. The molecule has 0 radical (unpaired) electrons. The van der Waals surface area contributed by atoms with E-state index in [1.54, 1.807) is 27.1 Å². The molecule has 0 aliphatic rings. The van der Waals surface area contributed by atoms with Gasteiger partial charge in [-0.05, 0) is 28.9 Å². The van der Waals surface area contributed by atoms with Crippen molar-refractivity contribution in [3.8, 4) is 0 Å². The number of anilines is 1. The minimum Gasteiger partial charge on any atom is -0.358 e. The average molecular weight is 307 g/mol. The van der Waals surface area contributed by atoms with Crippen LogP contribution in [0.25, 0.3) is 0 Å².